The van der Waals surface area contributed by atoms with Gasteiger partial charge >= 0.3 is 0 Å². The number of nitrogens with zero attached hydrogens (tertiary/aromatic N) is 2. The first kappa shape index (κ1) is 19.6. The first-order chi connectivity index (χ1) is 12.7. The molecule has 0 saturated heterocycles. The molecule has 0 fully saturated rings. The van der Waals surface area contributed by atoms with Gasteiger partial charge in [-0.05, 0) is 44.2 Å². The van der Waals surface area contributed by atoms with E-state index in [9.17, 15) is 13.2 Å². The van der Waals surface area contributed by atoms with Gasteiger partial charge in [0.25, 0.3) is 15.9 Å². The van der Waals surface area contributed by atoms with Crippen LogP contribution < -0.4 is 10.3 Å². The summed E-state index contributed by atoms with van der Waals surface area (Å²) in [5, 5.41) is -0.0267. The van der Waals surface area contributed by atoms with E-state index in [0.29, 0.717) is 5.52 Å². The third-order valence-corrected chi connectivity index (χ3v) is 6.24. The fourth-order valence-electron chi connectivity index (χ4n) is 2.72. The lowest BCUT2D eigenvalue weighted by molar-refractivity contribution is 0.0945. The van der Waals surface area contributed by atoms with Gasteiger partial charge in [-0.15, -0.1) is 4.83 Å². The van der Waals surface area contributed by atoms with E-state index in [-0.39, 0.29) is 20.5 Å². The summed E-state index contributed by atoms with van der Waals surface area (Å²) in [6.45, 7) is 4.64. The molecule has 1 aromatic heterocycles. The number of aryl methyl sites for hydroxylation is 2. The molecule has 0 aliphatic rings. The first-order valence-electron chi connectivity index (χ1n) is 7.97. The number of amides is 1. The highest BCUT2D eigenvalue weighted by molar-refractivity contribution is 7.89. The van der Waals surface area contributed by atoms with Crippen LogP contribution >= 0.6 is 23.2 Å². The topological polar surface area (TPSA) is 93.1 Å². The number of hydrogen-bond acceptors (Lipinski definition) is 4. The summed E-state index contributed by atoms with van der Waals surface area (Å²) in [5.74, 6) is 0.212. The Morgan fingerprint density at radius 3 is 2.67 bits per heavy atom. The molecule has 0 bridgehead atoms. The number of nitrogens with one attached hydrogen (secondary N) is 2. The Morgan fingerprint density at radius 2 is 1.96 bits per heavy atom. The van der Waals surface area contributed by atoms with Crippen molar-refractivity contribution < 1.29 is 13.2 Å². The van der Waals surface area contributed by atoms with Gasteiger partial charge in [0.15, 0.2) is 0 Å². The Balaban J connectivity index is 1.81. The second-order valence-electron chi connectivity index (χ2n) is 5.72. The first-order valence-corrected chi connectivity index (χ1v) is 10.2. The lowest BCUT2D eigenvalue weighted by atomic mass is 10.2. The third-order valence-electron chi connectivity index (χ3n) is 4.02. The van der Waals surface area contributed by atoms with Crippen LogP contribution in [-0.2, 0) is 16.6 Å². The third kappa shape index (κ3) is 3.79. The number of hydrazine groups is 1. The van der Waals surface area contributed by atoms with Gasteiger partial charge in [-0.3, -0.25) is 10.2 Å². The van der Waals surface area contributed by atoms with E-state index < -0.39 is 15.9 Å². The van der Waals surface area contributed by atoms with E-state index in [1.54, 1.807) is 18.2 Å². The molecular formula is C17H16Cl2N4O3S. The van der Waals surface area contributed by atoms with Crippen molar-refractivity contribution in [1.29, 1.82) is 0 Å². The average Bonchev–Trinajstić information content (AvgIpc) is 2.95. The second-order valence-corrected chi connectivity index (χ2v) is 8.15. The summed E-state index contributed by atoms with van der Waals surface area (Å²) < 4.78 is 26.7. The number of imidazole rings is 1. The summed E-state index contributed by atoms with van der Waals surface area (Å²) in [4.78, 5) is 18.6. The molecule has 1 amide bonds. The number of benzene rings is 2. The summed E-state index contributed by atoms with van der Waals surface area (Å²) in [5.41, 5.74) is 3.99. The van der Waals surface area contributed by atoms with Gasteiger partial charge in [0.05, 0.1) is 21.1 Å². The molecular weight excluding hydrogens is 411 g/mol. The summed E-state index contributed by atoms with van der Waals surface area (Å²) >= 11 is 11.8. The van der Waals surface area contributed by atoms with Gasteiger partial charge in [0.2, 0.25) is 0 Å². The molecule has 10 heteroatoms. The van der Waals surface area contributed by atoms with Crippen molar-refractivity contribution in [1.82, 2.24) is 19.8 Å². The van der Waals surface area contributed by atoms with E-state index in [0.717, 1.165) is 17.9 Å². The van der Waals surface area contributed by atoms with Crippen LogP contribution in [0.25, 0.3) is 11.0 Å². The van der Waals surface area contributed by atoms with Crippen molar-refractivity contribution in [2.75, 3.05) is 0 Å². The number of sulfonamides is 1. The monoisotopic (exact) mass is 426 g/mol. The maximum Gasteiger partial charge on any atom is 0.266 e. The molecule has 0 aliphatic carbocycles. The summed E-state index contributed by atoms with van der Waals surface area (Å²) in [7, 11) is -4.08. The second kappa shape index (κ2) is 7.47. The number of halogens is 2. The Morgan fingerprint density at radius 1 is 1.22 bits per heavy atom. The Labute approximate surface area is 166 Å². The van der Waals surface area contributed by atoms with Crippen LogP contribution in [0.1, 0.15) is 23.1 Å². The van der Waals surface area contributed by atoms with E-state index >= 15 is 0 Å². The molecule has 3 rings (SSSR count). The van der Waals surface area contributed by atoms with E-state index in [1.807, 2.05) is 23.2 Å². The highest BCUT2D eigenvalue weighted by Crippen LogP contribution is 2.28. The van der Waals surface area contributed by atoms with E-state index in [4.69, 9.17) is 23.2 Å². The van der Waals surface area contributed by atoms with E-state index in [1.165, 1.54) is 18.2 Å². The minimum Gasteiger partial charge on any atom is -0.329 e. The molecule has 0 atom stereocenters. The zero-order valence-corrected chi connectivity index (χ0v) is 16.8. The van der Waals surface area contributed by atoms with Crippen LogP contribution in [0.5, 0.6) is 0 Å². The van der Waals surface area contributed by atoms with Crippen LogP contribution in [0.3, 0.4) is 0 Å². The predicted octanol–water partition coefficient (Wildman–Crippen LogP) is 3.29. The fourth-order valence-corrected chi connectivity index (χ4v) is 4.32. The van der Waals surface area contributed by atoms with Gasteiger partial charge in [-0.1, -0.05) is 29.3 Å². The average molecular weight is 427 g/mol. The molecule has 3 aromatic rings. The highest BCUT2D eigenvalue weighted by Gasteiger charge is 2.20. The maximum absolute atomic E-state index is 12.4. The smallest absolute Gasteiger partial charge is 0.266 e. The number of rotatable bonds is 5. The molecule has 0 radical (unpaired) electrons. The number of hydrogen-bond donors (Lipinski definition) is 2. The highest BCUT2D eigenvalue weighted by atomic mass is 35.5. The molecule has 1 heterocycles. The standard InChI is InChI=1S/C17H16Cl2N4O3S/c1-3-23-10(2)20-13-9-11(7-8-14(13)23)17(24)21-22-27(25,26)15-6-4-5-12(18)16(15)19/h4-9,22H,3H2,1-2H3,(H,21,24). The number of carbonyl (C=O) groups is 1. The molecule has 0 spiro atoms. The summed E-state index contributed by atoms with van der Waals surface area (Å²) in [6, 6.07) is 9.18. The summed E-state index contributed by atoms with van der Waals surface area (Å²) in [6.07, 6.45) is 0. The molecule has 7 nitrogen and oxygen atoms in total. The number of fused-ring (bicyclic) bond motifs is 1. The van der Waals surface area contributed by atoms with Gasteiger partial charge < -0.3 is 4.57 Å². The molecule has 27 heavy (non-hydrogen) atoms. The van der Waals surface area contributed by atoms with Crippen LogP contribution in [0.15, 0.2) is 41.3 Å². The number of carbonyl (C=O) groups excluding carboxylic acids is 1. The van der Waals surface area contributed by atoms with Crippen molar-refractivity contribution in [3.05, 3.63) is 57.8 Å². The van der Waals surface area contributed by atoms with Crippen LogP contribution in [-0.4, -0.2) is 23.9 Å². The van der Waals surface area contributed by atoms with Crippen molar-refractivity contribution in [2.45, 2.75) is 25.3 Å². The zero-order chi connectivity index (χ0) is 19.8. The fraction of sp³-hybridized carbons (Fsp3) is 0.176. The molecule has 2 N–H and O–H groups in total. The Bertz CT molecular complexity index is 1140. The zero-order valence-electron chi connectivity index (χ0n) is 14.5. The lowest BCUT2D eigenvalue weighted by Crippen LogP contribution is -2.41. The SMILES string of the molecule is CCn1c(C)nc2cc(C(=O)NNS(=O)(=O)c3cccc(Cl)c3Cl)ccc21. The Hall–Kier alpha value is -2.13. The molecule has 0 unspecified atom stereocenters. The van der Waals surface area contributed by atoms with Gasteiger partial charge in [0, 0.05) is 12.1 Å². The minimum absolute atomic E-state index is 0.0956. The normalized spacial score (nSPS) is 11.7. The minimum atomic E-state index is -4.08. The largest absolute Gasteiger partial charge is 0.329 e. The molecule has 0 aliphatic heterocycles. The maximum atomic E-state index is 12.4. The van der Waals surface area contributed by atoms with Crippen molar-refractivity contribution in [3.63, 3.8) is 0 Å². The number of aromatic nitrogens is 2. The van der Waals surface area contributed by atoms with Gasteiger partial charge in [0.1, 0.15) is 10.7 Å². The van der Waals surface area contributed by atoms with Crippen LogP contribution in [0, 0.1) is 6.92 Å². The lowest BCUT2D eigenvalue weighted by Gasteiger charge is -2.10. The quantitative estimate of drug-likeness (QED) is 0.612. The molecule has 2 aromatic carbocycles. The predicted molar refractivity (Wildman–Crippen MR) is 104 cm³/mol. The molecule has 0 saturated carbocycles. The Kier molecular flexibility index (Phi) is 5.43. The van der Waals surface area contributed by atoms with Crippen LogP contribution in [0.4, 0.5) is 0 Å². The van der Waals surface area contributed by atoms with Crippen molar-refractivity contribution >= 4 is 50.2 Å². The van der Waals surface area contributed by atoms with Crippen molar-refractivity contribution in [3.8, 4) is 0 Å². The van der Waals surface area contributed by atoms with Gasteiger partial charge in [-0.2, -0.15) is 0 Å². The van der Waals surface area contributed by atoms with E-state index in [2.05, 4.69) is 10.4 Å². The van der Waals surface area contributed by atoms with Gasteiger partial charge in [-0.25, -0.2) is 13.4 Å². The van der Waals surface area contributed by atoms with Crippen molar-refractivity contribution in [2.24, 2.45) is 0 Å². The van der Waals surface area contributed by atoms with Crippen LogP contribution in [0.2, 0.25) is 10.0 Å². The molecule has 142 valence electrons.